The molecular formula is C17H25ClN4O2S. The van der Waals surface area contributed by atoms with E-state index in [9.17, 15) is 9.59 Å². The minimum Gasteiger partial charge on any atom is -0.350 e. The molecule has 138 valence electrons. The molecule has 2 aromatic heterocycles. The normalized spacial score (nSPS) is 14.6. The van der Waals surface area contributed by atoms with Gasteiger partial charge in [-0.2, -0.15) is 0 Å². The SMILES string of the molecule is Cc1c(C(=O)NCC(C)(C)N)sc2nc3n(c(=O)c12)CCCCC3.Cl. The lowest BCUT2D eigenvalue weighted by Gasteiger charge is -2.18. The van der Waals surface area contributed by atoms with Crippen molar-refractivity contribution < 1.29 is 4.79 Å². The number of rotatable bonds is 3. The summed E-state index contributed by atoms with van der Waals surface area (Å²) in [6.07, 6.45) is 4.01. The van der Waals surface area contributed by atoms with Crippen LogP contribution in [0.3, 0.4) is 0 Å². The van der Waals surface area contributed by atoms with Crippen LogP contribution in [0.2, 0.25) is 0 Å². The Hall–Kier alpha value is -1.44. The molecule has 2 aromatic rings. The van der Waals surface area contributed by atoms with E-state index in [1.165, 1.54) is 11.3 Å². The average molecular weight is 385 g/mol. The van der Waals surface area contributed by atoms with E-state index in [0.717, 1.165) is 43.6 Å². The first-order valence-electron chi connectivity index (χ1n) is 8.38. The Morgan fingerprint density at radius 2 is 2.08 bits per heavy atom. The molecule has 0 fully saturated rings. The summed E-state index contributed by atoms with van der Waals surface area (Å²) in [5.74, 6) is 0.662. The van der Waals surface area contributed by atoms with Crippen LogP contribution in [0.25, 0.3) is 10.2 Å². The van der Waals surface area contributed by atoms with Crippen LogP contribution in [0.4, 0.5) is 0 Å². The molecule has 0 atom stereocenters. The number of hydrogen-bond acceptors (Lipinski definition) is 5. The molecule has 1 amide bonds. The summed E-state index contributed by atoms with van der Waals surface area (Å²) < 4.78 is 1.79. The molecule has 0 radical (unpaired) electrons. The highest BCUT2D eigenvalue weighted by atomic mass is 35.5. The van der Waals surface area contributed by atoms with E-state index in [0.29, 0.717) is 21.6 Å². The second kappa shape index (κ2) is 7.43. The van der Waals surface area contributed by atoms with Crippen molar-refractivity contribution in [3.8, 4) is 0 Å². The largest absolute Gasteiger partial charge is 0.350 e. The van der Waals surface area contributed by atoms with Gasteiger partial charge < -0.3 is 11.1 Å². The maximum atomic E-state index is 12.9. The maximum Gasteiger partial charge on any atom is 0.262 e. The first-order valence-corrected chi connectivity index (χ1v) is 9.19. The highest BCUT2D eigenvalue weighted by Gasteiger charge is 2.23. The molecule has 0 saturated heterocycles. The average Bonchev–Trinajstić information content (AvgIpc) is 2.69. The third kappa shape index (κ3) is 4.04. The monoisotopic (exact) mass is 384 g/mol. The summed E-state index contributed by atoms with van der Waals surface area (Å²) in [7, 11) is 0. The molecule has 8 heteroatoms. The van der Waals surface area contributed by atoms with Gasteiger partial charge in [-0.25, -0.2) is 4.98 Å². The van der Waals surface area contributed by atoms with E-state index in [-0.39, 0.29) is 23.9 Å². The van der Waals surface area contributed by atoms with Crippen molar-refractivity contribution in [2.45, 2.75) is 58.5 Å². The van der Waals surface area contributed by atoms with Gasteiger partial charge in [-0.1, -0.05) is 6.42 Å². The van der Waals surface area contributed by atoms with Crippen molar-refractivity contribution in [2.75, 3.05) is 6.54 Å². The van der Waals surface area contributed by atoms with Gasteiger partial charge in [-0.05, 0) is 39.2 Å². The third-order valence-electron chi connectivity index (χ3n) is 4.32. The first-order chi connectivity index (χ1) is 11.3. The highest BCUT2D eigenvalue weighted by Crippen LogP contribution is 2.28. The molecule has 3 heterocycles. The van der Waals surface area contributed by atoms with Gasteiger partial charge in [0.05, 0.1) is 10.3 Å². The van der Waals surface area contributed by atoms with Gasteiger partial charge in [-0.3, -0.25) is 14.2 Å². The summed E-state index contributed by atoms with van der Waals surface area (Å²) in [6.45, 7) is 6.64. The minimum atomic E-state index is -0.477. The zero-order valence-electron chi connectivity index (χ0n) is 14.8. The van der Waals surface area contributed by atoms with Gasteiger partial charge in [0.15, 0.2) is 0 Å². The smallest absolute Gasteiger partial charge is 0.262 e. The van der Waals surface area contributed by atoms with Crippen molar-refractivity contribution in [3.05, 3.63) is 26.6 Å². The number of aryl methyl sites for hydroxylation is 2. The summed E-state index contributed by atoms with van der Waals surface area (Å²) in [5.41, 5.74) is 6.15. The van der Waals surface area contributed by atoms with Crippen molar-refractivity contribution in [1.82, 2.24) is 14.9 Å². The van der Waals surface area contributed by atoms with Gasteiger partial charge in [0.1, 0.15) is 10.7 Å². The fourth-order valence-corrected chi connectivity index (χ4v) is 4.12. The number of nitrogens with one attached hydrogen (secondary N) is 1. The fraction of sp³-hybridized carbons (Fsp3) is 0.588. The molecular weight excluding hydrogens is 360 g/mol. The van der Waals surface area contributed by atoms with Crippen LogP contribution in [0.15, 0.2) is 4.79 Å². The van der Waals surface area contributed by atoms with Crippen LogP contribution in [0.1, 0.15) is 54.2 Å². The number of aromatic nitrogens is 2. The fourth-order valence-electron chi connectivity index (χ4n) is 3.01. The quantitative estimate of drug-likeness (QED) is 0.850. The highest BCUT2D eigenvalue weighted by molar-refractivity contribution is 7.20. The predicted molar refractivity (Wildman–Crippen MR) is 104 cm³/mol. The van der Waals surface area contributed by atoms with Crippen LogP contribution in [0, 0.1) is 6.92 Å². The number of fused-ring (bicyclic) bond motifs is 2. The van der Waals surface area contributed by atoms with Crippen molar-refractivity contribution >= 4 is 39.9 Å². The summed E-state index contributed by atoms with van der Waals surface area (Å²) in [6, 6.07) is 0. The standard InChI is InChI=1S/C17H24N4O2S.ClH/c1-10-12-15(24-13(10)14(22)19-9-17(2,3)18)20-11-7-5-4-6-8-21(11)16(12)23;/h4-9,18H2,1-3H3,(H,19,22);1H. The molecule has 0 bridgehead atoms. The molecule has 1 aliphatic heterocycles. The van der Waals surface area contributed by atoms with Crippen LogP contribution in [-0.4, -0.2) is 27.5 Å². The molecule has 1 aliphatic rings. The predicted octanol–water partition coefficient (Wildman–Crippen LogP) is 2.38. The molecule has 25 heavy (non-hydrogen) atoms. The summed E-state index contributed by atoms with van der Waals surface area (Å²) >= 11 is 1.30. The van der Waals surface area contributed by atoms with E-state index in [1.807, 2.05) is 20.8 Å². The van der Waals surface area contributed by atoms with Gasteiger partial charge >= 0.3 is 0 Å². The molecule has 3 rings (SSSR count). The van der Waals surface area contributed by atoms with Crippen LogP contribution in [0.5, 0.6) is 0 Å². The van der Waals surface area contributed by atoms with Gasteiger partial charge in [0, 0.05) is 25.0 Å². The van der Waals surface area contributed by atoms with Gasteiger partial charge in [-0.15, -0.1) is 23.7 Å². The Morgan fingerprint density at radius 1 is 1.36 bits per heavy atom. The second-order valence-corrected chi connectivity index (χ2v) is 8.20. The Morgan fingerprint density at radius 3 is 2.76 bits per heavy atom. The Kier molecular flexibility index (Phi) is 5.91. The van der Waals surface area contributed by atoms with Crippen LogP contribution in [-0.2, 0) is 13.0 Å². The lowest BCUT2D eigenvalue weighted by molar-refractivity contribution is 0.0949. The van der Waals surface area contributed by atoms with Gasteiger partial charge in [0.2, 0.25) is 0 Å². The zero-order chi connectivity index (χ0) is 17.5. The number of carbonyl (C=O) groups excluding carboxylic acids is 1. The van der Waals surface area contributed by atoms with Crippen LogP contribution < -0.4 is 16.6 Å². The molecule has 0 spiro atoms. The number of amides is 1. The second-order valence-electron chi connectivity index (χ2n) is 7.20. The van der Waals surface area contributed by atoms with Crippen molar-refractivity contribution in [3.63, 3.8) is 0 Å². The molecule has 0 aliphatic carbocycles. The Labute approximate surface area is 157 Å². The molecule has 0 aromatic carbocycles. The molecule has 0 unspecified atom stereocenters. The first kappa shape index (κ1) is 19.9. The molecule has 0 saturated carbocycles. The van der Waals surface area contributed by atoms with E-state index >= 15 is 0 Å². The van der Waals surface area contributed by atoms with Crippen molar-refractivity contribution in [1.29, 1.82) is 0 Å². The van der Waals surface area contributed by atoms with Gasteiger partial charge in [0.25, 0.3) is 11.5 Å². The number of halogens is 1. The number of hydrogen-bond donors (Lipinski definition) is 2. The topological polar surface area (TPSA) is 90.0 Å². The Balaban J connectivity index is 0.00000225. The van der Waals surface area contributed by atoms with E-state index in [4.69, 9.17) is 5.73 Å². The van der Waals surface area contributed by atoms with Crippen molar-refractivity contribution in [2.24, 2.45) is 5.73 Å². The van der Waals surface area contributed by atoms with E-state index in [2.05, 4.69) is 10.3 Å². The molecule has 3 N–H and O–H groups in total. The number of nitrogens with two attached hydrogens (primary N) is 1. The van der Waals surface area contributed by atoms with Crippen LogP contribution >= 0.6 is 23.7 Å². The Bertz CT molecular complexity index is 851. The van der Waals surface area contributed by atoms with E-state index < -0.39 is 5.54 Å². The summed E-state index contributed by atoms with van der Waals surface area (Å²) in [4.78, 5) is 31.3. The zero-order valence-corrected chi connectivity index (χ0v) is 16.5. The number of thiophene rings is 1. The maximum absolute atomic E-state index is 12.9. The third-order valence-corrected chi connectivity index (χ3v) is 5.51. The number of carbonyl (C=O) groups is 1. The lowest BCUT2D eigenvalue weighted by atomic mass is 10.1. The minimum absolute atomic E-state index is 0. The van der Waals surface area contributed by atoms with E-state index in [1.54, 1.807) is 4.57 Å². The summed E-state index contributed by atoms with van der Waals surface area (Å²) in [5, 5.41) is 3.44. The lowest BCUT2D eigenvalue weighted by Crippen LogP contribution is -2.45. The molecule has 6 nitrogen and oxygen atoms in total. The number of nitrogens with zero attached hydrogens (tertiary/aromatic N) is 2.